The maximum absolute atomic E-state index is 12.4. The van der Waals surface area contributed by atoms with E-state index in [0.29, 0.717) is 24.3 Å². The fraction of sp³-hybridized carbons (Fsp3) is 0.250. The first-order chi connectivity index (χ1) is 12.5. The highest BCUT2D eigenvalue weighted by atomic mass is 16.6. The molecule has 2 aromatic carbocycles. The standard InChI is InChI=1S/C20H21N3O3/c1-3-19(24)22-16-10-7-11-18(13-16)26-20(25)23(2)17(14-21)12-15-8-5-4-6-9-15/h4-11,13,17H,3,12H2,1-2H3,(H,22,24). The molecule has 134 valence electrons. The van der Waals surface area contributed by atoms with Crippen molar-refractivity contribution in [2.24, 2.45) is 0 Å². The molecule has 0 saturated heterocycles. The number of nitrogens with one attached hydrogen (secondary N) is 1. The summed E-state index contributed by atoms with van der Waals surface area (Å²) < 4.78 is 5.34. The first-order valence-electron chi connectivity index (χ1n) is 8.31. The van der Waals surface area contributed by atoms with E-state index in [0.717, 1.165) is 5.56 Å². The molecule has 1 unspecified atom stereocenters. The fourth-order valence-corrected chi connectivity index (χ4v) is 2.29. The number of likely N-dealkylation sites (N-methyl/N-ethyl adjacent to an activating group) is 1. The quantitative estimate of drug-likeness (QED) is 0.862. The monoisotopic (exact) mass is 351 g/mol. The van der Waals surface area contributed by atoms with Crippen LogP contribution in [0.15, 0.2) is 54.6 Å². The number of nitrogens with zero attached hydrogens (tertiary/aromatic N) is 2. The Balaban J connectivity index is 2.02. The lowest BCUT2D eigenvalue weighted by Gasteiger charge is -2.22. The lowest BCUT2D eigenvalue weighted by atomic mass is 10.1. The van der Waals surface area contributed by atoms with E-state index in [9.17, 15) is 14.9 Å². The Morgan fingerprint density at radius 1 is 1.19 bits per heavy atom. The Bertz CT molecular complexity index is 799. The largest absolute Gasteiger partial charge is 0.416 e. The predicted molar refractivity (Wildman–Crippen MR) is 98.7 cm³/mol. The third kappa shape index (κ3) is 5.35. The number of amides is 2. The van der Waals surface area contributed by atoms with Crippen LogP contribution in [0, 0.1) is 11.3 Å². The van der Waals surface area contributed by atoms with Gasteiger partial charge in [0.25, 0.3) is 0 Å². The molecular weight excluding hydrogens is 330 g/mol. The van der Waals surface area contributed by atoms with Crippen molar-refractivity contribution in [3.05, 3.63) is 60.2 Å². The number of hydrogen-bond acceptors (Lipinski definition) is 4. The smallest absolute Gasteiger partial charge is 0.410 e. The van der Waals surface area contributed by atoms with Crippen LogP contribution in [-0.2, 0) is 11.2 Å². The Hall–Kier alpha value is -3.33. The van der Waals surface area contributed by atoms with Crippen LogP contribution >= 0.6 is 0 Å². The van der Waals surface area contributed by atoms with E-state index in [2.05, 4.69) is 11.4 Å². The second-order valence-electron chi connectivity index (χ2n) is 5.74. The number of anilines is 1. The maximum atomic E-state index is 12.4. The zero-order valence-corrected chi connectivity index (χ0v) is 14.8. The minimum absolute atomic E-state index is 0.127. The molecule has 0 saturated carbocycles. The van der Waals surface area contributed by atoms with E-state index >= 15 is 0 Å². The molecule has 0 aliphatic rings. The number of nitriles is 1. The summed E-state index contributed by atoms with van der Waals surface area (Å²) in [5.74, 6) is 0.171. The van der Waals surface area contributed by atoms with E-state index in [1.54, 1.807) is 31.2 Å². The van der Waals surface area contributed by atoms with Crippen LogP contribution in [0.1, 0.15) is 18.9 Å². The normalized spacial score (nSPS) is 11.1. The molecule has 2 amide bonds. The number of hydrogen-bond donors (Lipinski definition) is 1. The van der Waals surface area contributed by atoms with Gasteiger partial charge in [-0.15, -0.1) is 0 Å². The second kappa shape index (κ2) is 9.23. The van der Waals surface area contributed by atoms with Crippen LogP contribution in [0.25, 0.3) is 0 Å². The molecule has 1 N–H and O–H groups in total. The van der Waals surface area contributed by atoms with E-state index in [1.807, 2.05) is 30.3 Å². The van der Waals surface area contributed by atoms with Crippen molar-refractivity contribution in [2.45, 2.75) is 25.8 Å². The molecule has 0 bridgehead atoms. The summed E-state index contributed by atoms with van der Waals surface area (Å²) in [6, 6.07) is 17.5. The van der Waals surface area contributed by atoms with Crippen LogP contribution in [0.4, 0.5) is 10.5 Å². The van der Waals surface area contributed by atoms with Crippen molar-refractivity contribution in [3.8, 4) is 11.8 Å². The van der Waals surface area contributed by atoms with Gasteiger partial charge in [-0.3, -0.25) is 9.69 Å². The molecule has 0 aliphatic heterocycles. The molecular formula is C20H21N3O3. The van der Waals surface area contributed by atoms with Crippen molar-refractivity contribution < 1.29 is 14.3 Å². The lowest BCUT2D eigenvalue weighted by Crippen LogP contribution is -2.39. The number of ether oxygens (including phenoxy) is 1. The third-order valence-corrected chi connectivity index (χ3v) is 3.82. The number of carbonyl (C=O) groups is 2. The minimum atomic E-state index is -0.645. The predicted octanol–water partition coefficient (Wildman–Crippen LogP) is 3.60. The highest BCUT2D eigenvalue weighted by Crippen LogP contribution is 2.19. The summed E-state index contributed by atoms with van der Waals surface area (Å²) in [5, 5.41) is 12.1. The molecule has 0 heterocycles. The van der Waals surface area contributed by atoms with Gasteiger partial charge < -0.3 is 10.1 Å². The molecule has 1 atom stereocenters. The maximum Gasteiger partial charge on any atom is 0.416 e. The van der Waals surface area contributed by atoms with Gasteiger partial charge in [0.05, 0.1) is 6.07 Å². The van der Waals surface area contributed by atoms with Crippen molar-refractivity contribution >= 4 is 17.7 Å². The van der Waals surface area contributed by atoms with Crippen molar-refractivity contribution in [2.75, 3.05) is 12.4 Å². The van der Waals surface area contributed by atoms with E-state index < -0.39 is 12.1 Å². The average molecular weight is 351 g/mol. The Morgan fingerprint density at radius 3 is 2.58 bits per heavy atom. The molecule has 6 heteroatoms. The highest BCUT2D eigenvalue weighted by Gasteiger charge is 2.22. The van der Waals surface area contributed by atoms with Crippen LogP contribution in [-0.4, -0.2) is 30.0 Å². The van der Waals surface area contributed by atoms with Gasteiger partial charge >= 0.3 is 6.09 Å². The third-order valence-electron chi connectivity index (χ3n) is 3.82. The van der Waals surface area contributed by atoms with Crippen molar-refractivity contribution in [1.82, 2.24) is 4.90 Å². The van der Waals surface area contributed by atoms with Crippen LogP contribution in [0.5, 0.6) is 5.75 Å². The zero-order valence-electron chi connectivity index (χ0n) is 14.8. The zero-order chi connectivity index (χ0) is 18.9. The van der Waals surface area contributed by atoms with Crippen LogP contribution in [0.2, 0.25) is 0 Å². The van der Waals surface area contributed by atoms with Crippen LogP contribution in [0.3, 0.4) is 0 Å². The molecule has 2 rings (SSSR count). The first-order valence-corrected chi connectivity index (χ1v) is 8.31. The summed E-state index contributed by atoms with van der Waals surface area (Å²) >= 11 is 0. The number of benzene rings is 2. The van der Waals surface area contributed by atoms with Gasteiger partial charge in [-0.05, 0) is 17.7 Å². The van der Waals surface area contributed by atoms with Gasteiger partial charge in [0.15, 0.2) is 0 Å². The van der Waals surface area contributed by atoms with E-state index in [-0.39, 0.29) is 5.91 Å². The van der Waals surface area contributed by atoms with Crippen LogP contribution < -0.4 is 10.1 Å². The Morgan fingerprint density at radius 2 is 1.92 bits per heavy atom. The second-order valence-corrected chi connectivity index (χ2v) is 5.74. The number of carbonyl (C=O) groups excluding carboxylic acids is 2. The molecule has 0 aromatic heterocycles. The van der Waals surface area contributed by atoms with Gasteiger partial charge in [-0.25, -0.2) is 4.79 Å². The van der Waals surface area contributed by atoms with Gasteiger partial charge in [0.2, 0.25) is 5.91 Å². The van der Waals surface area contributed by atoms with Gasteiger partial charge in [-0.1, -0.05) is 43.3 Å². The van der Waals surface area contributed by atoms with Gasteiger partial charge in [-0.2, -0.15) is 5.26 Å². The molecule has 0 aliphatic carbocycles. The average Bonchev–Trinajstić information content (AvgIpc) is 2.66. The summed E-state index contributed by atoms with van der Waals surface area (Å²) in [5.41, 5.74) is 1.51. The summed E-state index contributed by atoms with van der Waals surface area (Å²) in [7, 11) is 1.53. The molecule has 6 nitrogen and oxygen atoms in total. The molecule has 0 spiro atoms. The SMILES string of the molecule is CCC(=O)Nc1cccc(OC(=O)N(C)C(C#N)Cc2ccccc2)c1. The van der Waals surface area contributed by atoms with Gasteiger partial charge in [0, 0.05) is 31.6 Å². The highest BCUT2D eigenvalue weighted by molar-refractivity contribution is 5.90. The minimum Gasteiger partial charge on any atom is -0.410 e. The van der Waals surface area contributed by atoms with Crippen molar-refractivity contribution in [3.63, 3.8) is 0 Å². The van der Waals surface area contributed by atoms with Gasteiger partial charge in [0.1, 0.15) is 11.8 Å². The summed E-state index contributed by atoms with van der Waals surface area (Å²) in [6.45, 7) is 1.75. The Kier molecular flexibility index (Phi) is 6.75. The summed E-state index contributed by atoms with van der Waals surface area (Å²) in [4.78, 5) is 25.1. The molecule has 0 radical (unpaired) electrons. The van der Waals surface area contributed by atoms with E-state index in [4.69, 9.17) is 4.74 Å². The topological polar surface area (TPSA) is 82.4 Å². The fourth-order valence-electron chi connectivity index (χ4n) is 2.29. The molecule has 26 heavy (non-hydrogen) atoms. The molecule has 2 aromatic rings. The van der Waals surface area contributed by atoms with E-state index in [1.165, 1.54) is 11.9 Å². The number of rotatable bonds is 6. The Labute approximate surface area is 153 Å². The first kappa shape index (κ1) is 19.0. The molecule has 0 fully saturated rings. The lowest BCUT2D eigenvalue weighted by molar-refractivity contribution is -0.115. The summed E-state index contributed by atoms with van der Waals surface area (Å²) in [6.07, 6.45) is 0.137. The van der Waals surface area contributed by atoms with Crippen molar-refractivity contribution in [1.29, 1.82) is 5.26 Å².